The maximum absolute atomic E-state index is 13.3. The summed E-state index contributed by atoms with van der Waals surface area (Å²) in [6, 6.07) is 12.2. The van der Waals surface area contributed by atoms with Crippen molar-refractivity contribution < 1.29 is 18.7 Å². The summed E-state index contributed by atoms with van der Waals surface area (Å²) in [5.41, 5.74) is 4.51. The maximum atomic E-state index is 13.3. The third-order valence-corrected chi connectivity index (χ3v) is 5.20. The molecule has 0 spiro atoms. The summed E-state index contributed by atoms with van der Waals surface area (Å²) in [6.07, 6.45) is 0.922. The average molecular weight is 438 g/mol. The molecule has 2 aromatic rings. The number of carbonyl (C=O) groups excluding carboxylic acids is 2. The fourth-order valence-corrected chi connectivity index (χ4v) is 3.56. The number of urea groups is 1. The van der Waals surface area contributed by atoms with E-state index < -0.39 is 24.1 Å². The molecule has 2 atom stereocenters. The SMILES string of the molecule is CCOc1ccc(/C=N/NC2=NC3C(C(=O)NC(=O)N3C)N2Cc2ccc(F)cc2)cc1. The molecule has 0 aliphatic carbocycles. The molecule has 2 aliphatic rings. The van der Waals surface area contributed by atoms with Gasteiger partial charge < -0.3 is 14.5 Å². The molecule has 2 aliphatic heterocycles. The molecule has 3 amide bonds. The highest BCUT2D eigenvalue weighted by atomic mass is 19.1. The van der Waals surface area contributed by atoms with E-state index in [2.05, 4.69) is 20.8 Å². The van der Waals surface area contributed by atoms with Crippen LogP contribution in [-0.2, 0) is 11.3 Å². The Balaban J connectivity index is 1.54. The first-order valence-electron chi connectivity index (χ1n) is 10.1. The van der Waals surface area contributed by atoms with Crippen LogP contribution in [0.3, 0.4) is 0 Å². The number of hydrogen-bond acceptors (Lipinski definition) is 7. The number of guanidine groups is 1. The van der Waals surface area contributed by atoms with Crippen LogP contribution in [0.1, 0.15) is 18.1 Å². The third kappa shape index (κ3) is 4.39. The smallest absolute Gasteiger partial charge is 0.325 e. The number of amides is 3. The lowest BCUT2D eigenvalue weighted by molar-refractivity contribution is -0.127. The zero-order valence-electron chi connectivity index (χ0n) is 17.7. The molecule has 2 N–H and O–H groups in total. The molecule has 166 valence electrons. The Labute approximate surface area is 184 Å². The van der Waals surface area contributed by atoms with Crippen LogP contribution in [0.25, 0.3) is 0 Å². The van der Waals surface area contributed by atoms with Crippen LogP contribution < -0.4 is 15.5 Å². The van der Waals surface area contributed by atoms with E-state index in [0.717, 1.165) is 16.9 Å². The number of ether oxygens (including phenoxy) is 1. The second-order valence-electron chi connectivity index (χ2n) is 7.34. The minimum absolute atomic E-state index is 0.279. The summed E-state index contributed by atoms with van der Waals surface area (Å²) in [7, 11) is 1.57. The summed E-state index contributed by atoms with van der Waals surface area (Å²) in [6.45, 7) is 2.79. The highest BCUT2D eigenvalue weighted by molar-refractivity contribution is 6.03. The van der Waals surface area contributed by atoms with Crippen molar-refractivity contribution in [1.82, 2.24) is 20.5 Å². The fraction of sp³-hybridized carbons (Fsp3) is 0.273. The van der Waals surface area contributed by atoms with Crippen molar-refractivity contribution in [2.75, 3.05) is 13.7 Å². The van der Waals surface area contributed by atoms with Crippen LogP contribution in [0.15, 0.2) is 58.6 Å². The average Bonchev–Trinajstić information content (AvgIpc) is 3.14. The van der Waals surface area contributed by atoms with Crippen LogP contribution in [-0.4, -0.2) is 59.8 Å². The van der Waals surface area contributed by atoms with Crippen molar-refractivity contribution in [1.29, 1.82) is 0 Å². The van der Waals surface area contributed by atoms with Gasteiger partial charge in [-0.3, -0.25) is 10.1 Å². The molecule has 0 aromatic heterocycles. The molecule has 2 heterocycles. The molecular weight excluding hydrogens is 415 g/mol. The second kappa shape index (κ2) is 9.04. The van der Waals surface area contributed by atoms with Crippen LogP contribution in [0.5, 0.6) is 5.75 Å². The summed E-state index contributed by atoms with van der Waals surface area (Å²) in [5.74, 6) is 0.311. The van der Waals surface area contributed by atoms with Crippen molar-refractivity contribution in [3.8, 4) is 5.75 Å². The lowest BCUT2D eigenvalue weighted by atomic mass is 10.1. The summed E-state index contributed by atoms with van der Waals surface area (Å²) in [5, 5.41) is 6.59. The topological polar surface area (TPSA) is 98.6 Å². The van der Waals surface area contributed by atoms with E-state index in [-0.39, 0.29) is 12.4 Å². The van der Waals surface area contributed by atoms with Gasteiger partial charge in [0.15, 0.2) is 12.2 Å². The molecule has 9 nitrogen and oxygen atoms in total. The number of imide groups is 1. The van der Waals surface area contributed by atoms with E-state index in [0.29, 0.717) is 12.6 Å². The van der Waals surface area contributed by atoms with E-state index >= 15 is 0 Å². The van der Waals surface area contributed by atoms with Crippen LogP contribution >= 0.6 is 0 Å². The molecule has 10 heteroatoms. The van der Waals surface area contributed by atoms with Gasteiger partial charge >= 0.3 is 6.03 Å². The first kappa shape index (κ1) is 21.3. The number of benzene rings is 2. The maximum Gasteiger partial charge on any atom is 0.325 e. The second-order valence-corrected chi connectivity index (χ2v) is 7.34. The first-order valence-corrected chi connectivity index (χ1v) is 10.1. The zero-order valence-corrected chi connectivity index (χ0v) is 17.7. The summed E-state index contributed by atoms with van der Waals surface area (Å²) < 4.78 is 18.7. The number of aliphatic imine (C=N–C) groups is 1. The van der Waals surface area contributed by atoms with Crippen molar-refractivity contribution in [2.24, 2.45) is 10.1 Å². The Kier molecular flexibility index (Phi) is 6.02. The molecule has 0 radical (unpaired) electrons. The van der Waals surface area contributed by atoms with Gasteiger partial charge in [0.1, 0.15) is 11.6 Å². The molecule has 32 heavy (non-hydrogen) atoms. The Morgan fingerprint density at radius 2 is 1.91 bits per heavy atom. The van der Waals surface area contributed by atoms with E-state index in [1.807, 2.05) is 31.2 Å². The van der Waals surface area contributed by atoms with Crippen molar-refractivity contribution >= 4 is 24.1 Å². The lowest BCUT2D eigenvalue weighted by Gasteiger charge is -2.36. The van der Waals surface area contributed by atoms with Gasteiger partial charge in [0.25, 0.3) is 5.91 Å². The molecule has 1 saturated heterocycles. The number of hydrazone groups is 1. The van der Waals surface area contributed by atoms with Crippen molar-refractivity contribution in [2.45, 2.75) is 25.7 Å². The predicted octanol–water partition coefficient (Wildman–Crippen LogP) is 1.90. The van der Waals surface area contributed by atoms with Gasteiger partial charge in [-0.15, -0.1) is 0 Å². The van der Waals surface area contributed by atoms with Gasteiger partial charge in [-0.2, -0.15) is 5.10 Å². The van der Waals surface area contributed by atoms with Crippen LogP contribution in [0, 0.1) is 5.82 Å². The van der Waals surface area contributed by atoms with E-state index in [4.69, 9.17) is 4.74 Å². The number of nitrogens with zero attached hydrogens (tertiary/aromatic N) is 4. The van der Waals surface area contributed by atoms with Gasteiger partial charge in [-0.25, -0.2) is 19.6 Å². The minimum Gasteiger partial charge on any atom is -0.494 e. The Hall–Kier alpha value is -3.95. The third-order valence-electron chi connectivity index (χ3n) is 5.20. The summed E-state index contributed by atoms with van der Waals surface area (Å²) >= 11 is 0. The zero-order chi connectivity index (χ0) is 22.7. The van der Waals surface area contributed by atoms with E-state index in [1.165, 1.54) is 17.0 Å². The van der Waals surface area contributed by atoms with Gasteiger partial charge in [-0.05, 0) is 54.4 Å². The first-order chi connectivity index (χ1) is 15.5. The molecule has 0 saturated carbocycles. The van der Waals surface area contributed by atoms with Crippen LogP contribution in [0.4, 0.5) is 9.18 Å². The molecule has 0 bridgehead atoms. The normalized spacial score (nSPS) is 20.3. The quantitative estimate of drug-likeness (QED) is 0.530. The molecule has 2 aromatic carbocycles. The fourth-order valence-electron chi connectivity index (χ4n) is 3.56. The van der Waals surface area contributed by atoms with E-state index in [9.17, 15) is 14.0 Å². The van der Waals surface area contributed by atoms with Crippen molar-refractivity contribution in [3.63, 3.8) is 0 Å². The standard InChI is InChI=1S/C22H23FN6O3/c1-3-32-17-10-6-14(7-11-17)12-24-27-21-25-19-18(20(30)26-22(31)28(19)2)29(21)13-15-4-8-16(23)9-5-15/h4-12,18-19H,3,13H2,1-2H3,(H,25,27)(H,26,30,31)/b24-12+. The summed E-state index contributed by atoms with van der Waals surface area (Å²) in [4.78, 5) is 32.2. The number of halogens is 1. The van der Waals surface area contributed by atoms with E-state index in [1.54, 1.807) is 30.3 Å². The van der Waals surface area contributed by atoms with Gasteiger partial charge in [0.2, 0.25) is 5.96 Å². The highest BCUT2D eigenvalue weighted by Gasteiger charge is 2.48. The number of likely N-dealkylation sites (N-methyl/N-ethyl adjacent to an activating group) is 1. The Morgan fingerprint density at radius 1 is 1.19 bits per heavy atom. The predicted molar refractivity (Wildman–Crippen MR) is 117 cm³/mol. The molecule has 1 fully saturated rings. The number of rotatable bonds is 6. The number of nitrogens with one attached hydrogen (secondary N) is 2. The number of fused-ring (bicyclic) bond motifs is 1. The monoisotopic (exact) mass is 438 g/mol. The lowest BCUT2D eigenvalue weighted by Crippen LogP contribution is -2.63. The number of carbonyl (C=O) groups is 2. The Bertz CT molecular complexity index is 1050. The number of hydrogen-bond donors (Lipinski definition) is 2. The van der Waals surface area contributed by atoms with Crippen LogP contribution in [0.2, 0.25) is 0 Å². The van der Waals surface area contributed by atoms with Gasteiger partial charge in [-0.1, -0.05) is 12.1 Å². The largest absolute Gasteiger partial charge is 0.494 e. The van der Waals surface area contributed by atoms with Gasteiger partial charge in [0.05, 0.1) is 12.8 Å². The molecular formula is C22H23FN6O3. The molecule has 2 unspecified atom stereocenters. The van der Waals surface area contributed by atoms with Gasteiger partial charge in [0, 0.05) is 13.6 Å². The van der Waals surface area contributed by atoms with Crippen molar-refractivity contribution in [3.05, 3.63) is 65.5 Å². The highest BCUT2D eigenvalue weighted by Crippen LogP contribution is 2.25. The minimum atomic E-state index is -0.731. The molecule has 4 rings (SSSR count). The Morgan fingerprint density at radius 3 is 2.59 bits per heavy atom.